The number of benzene rings is 5. The van der Waals surface area contributed by atoms with Gasteiger partial charge in [0.15, 0.2) is 5.78 Å². The number of pyridine rings is 1. The van der Waals surface area contributed by atoms with E-state index in [9.17, 15) is 4.79 Å². The van der Waals surface area contributed by atoms with Crippen LogP contribution in [0.3, 0.4) is 0 Å². The van der Waals surface area contributed by atoms with Crippen LogP contribution < -0.4 is 4.90 Å². The molecule has 2 aliphatic carbocycles. The number of aromatic nitrogens is 1. The molecule has 2 heterocycles. The quantitative estimate of drug-likeness (QED) is 0.222. The molecule has 0 atom stereocenters. The van der Waals surface area contributed by atoms with Gasteiger partial charge in [-0.3, -0.25) is 9.78 Å². The molecule has 5 aromatic carbocycles. The second-order valence-corrected chi connectivity index (χ2v) is 10.7. The minimum absolute atomic E-state index is 0.0583. The van der Waals surface area contributed by atoms with Gasteiger partial charge >= 0.3 is 0 Å². The Hall–Kier alpha value is -5.28. The van der Waals surface area contributed by atoms with E-state index in [0.29, 0.717) is 0 Å². The summed E-state index contributed by atoms with van der Waals surface area (Å²) < 4.78 is 0. The van der Waals surface area contributed by atoms with Crippen LogP contribution in [0.1, 0.15) is 38.2 Å². The van der Waals surface area contributed by atoms with E-state index in [-0.39, 0.29) is 5.78 Å². The van der Waals surface area contributed by atoms with Crippen LogP contribution in [0.4, 0.5) is 17.1 Å². The predicted molar refractivity (Wildman–Crippen MR) is 159 cm³/mol. The molecule has 186 valence electrons. The molecule has 0 radical (unpaired) electrons. The monoisotopic (exact) mass is 510 g/mol. The van der Waals surface area contributed by atoms with E-state index in [0.717, 1.165) is 39.3 Å². The smallest absolute Gasteiger partial charge is 0.194 e. The third-order valence-corrected chi connectivity index (χ3v) is 8.91. The molecular formula is C37H22N2O. The van der Waals surface area contributed by atoms with Gasteiger partial charge in [0.25, 0.3) is 0 Å². The van der Waals surface area contributed by atoms with Crippen molar-refractivity contribution in [2.45, 2.75) is 5.41 Å². The van der Waals surface area contributed by atoms with E-state index in [1.165, 1.54) is 33.4 Å². The van der Waals surface area contributed by atoms with E-state index in [1.807, 2.05) is 6.07 Å². The molecule has 0 saturated heterocycles. The number of carbonyl (C=O) groups excluding carboxylic acids is 1. The van der Waals surface area contributed by atoms with Gasteiger partial charge in [-0.25, -0.2) is 0 Å². The van der Waals surface area contributed by atoms with Gasteiger partial charge in [0.1, 0.15) is 0 Å². The van der Waals surface area contributed by atoms with Gasteiger partial charge in [0.2, 0.25) is 0 Å². The first-order valence-electron chi connectivity index (χ1n) is 13.6. The van der Waals surface area contributed by atoms with Crippen LogP contribution in [0.25, 0.3) is 22.3 Å². The third kappa shape index (κ3) is 2.50. The molecule has 0 bridgehead atoms. The average molecular weight is 511 g/mol. The number of ketones is 1. The summed E-state index contributed by atoms with van der Waals surface area (Å²) in [6.07, 6.45) is 3.49. The molecule has 3 heteroatoms. The highest BCUT2D eigenvalue weighted by Gasteiger charge is 2.51. The summed E-state index contributed by atoms with van der Waals surface area (Å²) in [5.41, 5.74) is 13.8. The van der Waals surface area contributed by atoms with Crippen molar-refractivity contribution in [3.63, 3.8) is 0 Å². The van der Waals surface area contributed by atoms with Gasteiger partial charge in [-0.15, -0.1) is 0 Å². The maximum absolute atomic E-state index is 13.4. The fourth-order valence-electron chi connectivity index (χ4n) is 7.39. The molecule has 40 heavy (non-hydrogen) atoms. The van der Waals surface area contributed by atoms with Gasteiger partial charge in [-0.2, -0.15) is 0 Å². The third-order valence-electron chi connectivity index (χ3n) is 8.91. The average Bonchev–Trinajstić information content (AvgIpc) is 3.48. The van der Waals surface area contributed by atoms with Crippen LogP contribution in [0.15, 0.2) is 134 Å². The SMILES string of the molecule is O=C1c2cc(N3c4ccccc4C4(c5ccccc5-c5ccccc54)c4ccccc43)ccc2-c2cnccc21. The minimum atomic E-state index is -0.439. The van der Waals surface area contributed by atoms with E-state index < -0.39 is 5.41 Å². The summed E-state index contributed by atoms with van der Waals surface area (Å²) in [5.74, 6) is 0.0583. The lowest BCUT2D eigenvalue weighted by molar-refractivity contribution is 0.104. The van der Waals surface area contributed by atoms with Crippen LogP contribution in [-0.4, -0.2) is 10.8 Å². The second kappa shape index (κ2) is 7.64. The van der Waals surface area contributed by atoms with E-state index in [1.54, 1.807) is 12.4 Å². The number of rotatable bonds is 1. The van der Waals surface area contributed by atoms with E-state index >= 15 is 0 Å². The van der Waals surface area contributed by atoms with Gasteiger partial charge in [-0.05, 0) is 69.3 Å². The Morgan fingerprint density at radius 1 is 0.500 bits per heavy atom. The van der Waals surface area contributed by atoms with Crippen LogP contribution in [0.5, 0.6) is 0 Å². The molecule has 3 nitrogen and oxygen atoms in total. The molecule has 1 aromatic heterocycles. The lowest BCUT2D eigenvalue weighted by Crippen LogP contribution is -2.36. The largest absolute Gasteiger partial charge is 0.310 e. The Morgan fingerprint density at radius 3 is 1.73 bits per heavy atom. The molecule has 3 aliphatic rings. The zero-order valence-corrected chi connectivity index (χ0v) is 21.5. The second-order valence-electron chi connectivity index (χ2n) is 10.7. The maximum Gasteiger partial charge on any atom is 0.194 e. The first kappa shape index (κ1) is 21.6. The number of fused-ring (bicyclic) bond motifs is 12. The van der Waals surface area contributed by atoms with Crippen LogP contribution in [0, 0.1) is 0 Å². The zero-order valence-electron chi connectivity index (χ0n) is 21.5. The van der Waals surface area contributed by atoms with Gasteiger partial charge in [-0.1, -0.05) is 91.0 Å². The minimum Gasteiger partial charge on any atom is -0.310 e. The Balaban J connectivity index is 1.35. The van der Waals surface area contributed by atoms with E-state index in [4.69, 9.17) is 0 Å². The van der Waals surface area contributed by atoms with Gasteiger partial charge in [0, 0.05) is 34.8 Å². The molecule has 1 aliphatic heterocycles. The Kier molecular flexibility index (Phi) is 4.13. The number of hydrogen-bond acceptors (Lipinski definition) is 3. The molecule has 0 amide bonds. The highest BCUT2D eigenvalue weighted by Crippen LogP contribution is 2.63. The maximum atomic E-state index is 13.4. The summed E-state index contributed by atoms with van der Waals surface area (Å²) in [7, 11) is 0. The fourth-order valence-corrected chi connectivity index (χ4v) is 7.39. The normalized spacial score (nSPS) is 14.7. The molecule has 6 aromatic rings. The van der Waals surface area contributed by atoms with Gasteiger partial charge < -0.3 is 4.90 Å². The summed E-state index contributed by atoms with van der Waals surface area (Å²) in [6.45, 7) is 0. The topological polar surface area (TPSA) is 33.2 Å². The molecule has 1 spiro atoms. The van der Waals surface area contributed by atoms with Crippen molar-refractivity contribution in [2.24, 2.45) is 0 Å². The lowest BCUT2D eigenvalue weighted by Gasteiger charge is -2.45. The highest BCUT2D eigenvalue weighted by atomic mass is 16.1. The molecule has 0 fully saturated rings. The number of hydrogen-bond donors (Lipinski definition) is 0. The fraction of sp³-hybridized carbons (Fsp3) is 0.0270. The van der Waals surface area contributed by atoms with Crippen LogP contribution >= 0.6 is 0 Å². The van der Waals surface area contributed by atoms with Crippen molar-refractivity contribution in [3.05, 3.63) is 167 Å². The Morgan fingerprint density at radius 2 is 1.07 bits per heavy atom. The summed E-state index contributed by atoms with van der Waals surface area (Å²) in [5, 5.41) is 0. The van der Waals surface area contributed by atoms with E-state index in [2.05, 4.69) is 125 Å². The van der Waals surface area contributed by atoms with Crippen molar-refractivity contribution < 1.29 is 4.79 Å². The summed E-state index contributed by atoms with van der Waals surface area (Å²) in [6, 6.07) is 43.2. The van der Waals surface area contributed by atoms with Crippen molar-refractivity contribution in [2.75, 3.05) is 4.90 Å². The highest BCUT2D eigenvalue weighted by molar-refractivity contribution is 6.22. The number of para-hydroxylation sites is 2. The number of nitrogens with zero attached hydrogens (tertiary/aromatic N) is 2. The van der Waals surface area contributed by atoms with Gasteiger partial charge in [0.05, 0.1) is 16.8 Å². The standard InChI is InChI=1S/C37H22N2O/c40-36-27-19-20-38-22-29(27)24-18-17-23(21-28(24)36)39-34-15-7-5-13-32(34)37(33-14-6-8-16-35(33)39)30-11-3-1-9-25(30)26-10-2-4-12-31(26)37/h1-22H. The number of carbonyl (C=O) groups is 1. The predicted octanol–water partition coefficient (Wildman–Crippen LogP) is 8.44. The lowest BCUT2D eigenvalue weighted by atomic mass is 9.64. The van der Waals surface area contributed by atoms with Crippen molar-refractivity contribution in [1.29, 1.82) is 0 Å². The summed E-state index contributed by atoms with van der Waals surface area (Å²) >= 11 is 0. The molecule has 9 rings (SSSR count). The molecular weight excluding hydrogens is 488 g/mol. The molecule has 0 N–H and O–H groups in total. The number of anilines is 3. The molecule has 0 saturated carbocycles. The zero-order chi connectivity index (χ0) is 26.4. The summed E-state index contributed by atoms with van der Waals surface area (Å²) in [4.78, 5) is 20.1. The van der Waals surface area contributed by atoms with Crippen LogP contribution in [-0.2, 0) is 5.41 Å². The van der Waals surface area contributed by atoms with Crippen molar-refractivity contribution >= 4 is 22.8 Å². The molecule has 0 unspecified atom stereocenters. The Labute approximate surface area is 232 Å². The van der Waals surface area contributed by atoms with Crippen LogP contribution in [0.2, 0.25) is 0 Å². The van der Waals surface area contributed by atoms with Crippen molar-refractivity contribution in [1.82, 2.24) is 4.98 Å². The Bertz CT molecular complexity index is 1960. The van der Waals surface area contributed by atoms with Crippen molar-refractivity contribution in [3.8, 4) is 22.3 Å². The first-order chi connectivity index (χ1) is 19.8. The first-order valence-corrected chi connectivity index (χ1v) is 13.6.